The summed E-state index contributed by atoms with van der Waals surface area (Å²) in [5, 5.41) is 13.9. The zero-order chi connectivity index (χ0) is 14.0. The Bertz CT molecular complexity index is 397. The van der Waals surface area contributed by atoms with Crippen molar-refractivity contribution >= 4 is 0 Å². The van der Waals surface area contributed by atoms with E-state index >= 15 is 0 Å². The van der Waals surface area contributed by atoms with Crippen LogP contribution < -0.4 is 5.32 Å². The average Bonchev–Trinajstić information content (AvgIpc) is 2.27. The minimum atomic E-state index is -0.450. The third-order valence-electron chi connectivity index (χ3n) is 4.11. The minimum Gasteiger partial charge on any atom is -0.387 e. The molecule has 2 unspecified atom stereocenters. The molecule has 0 saturated heterocycles. The monoisotopic (exact) mass is 249 g/mol. The molecule has 0 aliphatic heterocycles. The normalized spacial score (nSPS) is 14.9. The van der Waals surface area contributed by atoms with Crippen LogP contribution in [0, 0.1) is 33.6 Å². The van der Waals surface area contributed by atoms with Crippen LogP contribution in [0.3, 0.4) is 0 Å². The van der Waals surface area contributed by atoms with Crippen LogP contribution in [-0.2, 0) is 0 Å². The topological polar surface area (TPSA) is 32.3 Å². The molecular weight excluding hydrogens is 222 g/mol. The number of aliphatic hydroxyl groups is 1. The lowest BCUT2D eigenvalue weighted by molar-refractivity contribution is 0.108. The van der Waals surface area contributed by atoms with Gasteiger partial charge in [0.05, 0.1) is 6.10 Å². The summed E-state index contributed by atoms with van der Waals surface area (Å²) in [5.74, 6) is 0.393. The highest BCUT2D eigenvalue weighted by molar-refractivity contribution is 5.45. The lowest BCUT2D eigenvalue weighted by atomic mass is 9.85. The summed E-state index contributed by atoms with van der Waals surface area (Å²) in [6.07, 6.45) is -0.450. The van der Waals surface area contributed by atoms with Crippen LogP contribution in [0.25, 0.3) is 0 Å². The molecule has 0 aliphatic carbocycles. The van der Waals surface area contributed by atoms with Crippen LogP contribution in [0.15, 0.2) is 6.07 Å². The SMILES string of the molecule is CNC(C(C)C)C(O)c1c(C)c(C)cc(C)c1C. The Hall–Kier alpha value is -0.860. The first kappa shape index (κ1) is 15.2. The maximum absolute atomic E-state index is 10.7. The van der Waals surface area contributed by atoms with Gasteiger partial charge in [-0.1, -0.05) is 19.9 Å². The molecule has 1 aromatic carbocycles. The van der Waals surface area contributed by atoms with E-state index in [1.54, 1.807) is 0 Å². The molecule has 0 fully saturated rings. The van der Waals surface area contributed by atoms with Gasteiger partial charge in [-0.2, -0.15) is 0 Å². The molecule has 2 nitrogen and oxygen atoms in total. The summed E-state index contributed by atoms with van der Waals surface area (Å²) in [5.41, 5.74) is 6.04. The average molecular weight is 249 g/mol. The van der Waals surface area contributed by atoms with Gasteiger partial charge in [0.25, 0.3) is 0 Å². The predicted octanol–water partition coefficient (Wildman–Crippen LogP) is 3.20. The molecule has 0 heterocycles. The smallest absolute Gasteiger partial charge is 0.0950 e. The molecule has 1 rings (SSSR count). The van der Waals surface area contributed by atoms with E-state index in [-0.39, 0.29) is 6.04 Å². The number of likely N-dealkylation sites (N-methyl/N-ethyl adjacent to an activating group) is 1. The molecule has 0 bridgehead atoms. The van der Waals surface area contributed by atoms with Gasteiger partial charge in [0.1, 0.15) is 0 Å². The lowest BCUT2D eigenvalue weighted by Crippen LogP contribution is -2.37. The highest BCUT2D eigenvalue weighted by atomic mass is 16.3. The Kier molecular flexibility index (Phi) is 4.94. The fraction of sp³-hybridized carbons (Fsp3) is 0.625. The fourth-order valence-electron chi connectivity index (χ4n) is 2.73. The Morgan fingerprint density at radius 3 is 1.78 bits per heavy atom. The van der Waals surface area contributed by atoms with Gasteiger partial charge in [-0.15, -0.1) is 0 Å². The molecule has 0 spiro atoms. The zero-order valence-electron chi connectivity index (χ0n) is 12.8. The van der Waals surface area contributed by atoms with Crippen LogP contribution in [0.4, 0.5) is 0 Å². The van der Waals surface area contributed by atoms with Gasteiger partial charge in [-0.25, -0.2) is 0 Å². The first-order valence-corrected chi connectivity index (χ1v) is 6.73. The van der Waals surface area contributed by atoms with E-state index in [1.165, 1.54) is 22.3 Å². The molecule has 0 aromatic heterocycles. The number of hydrogen-bond acceptors (Lipinski definition) is 2. The zero-order valence-corrected chi connectivity index (χ0v) is 12.8. The number of aliphatic hydroxyl groups excluding tert-OH is 1. The van der Waals surface area contributed by atoms with Crippen LogP contribution in [0.5, 0.6) is 0 Å². The number of benzene rings is 1. The van der Waals surface area contributed by atoms with Crippen molar-refractivity contribution < 1.29 is 5.11 Å². The number of nitrogens with one attached hydrogen (secondary N) is 1. The van der Waals surface area contributed by atoms with E-state index in [1.807, 2.05) is 7.05 Å². The largest absolute Gasteiger partial charge is 0.387 e. The van der Waals surface area contributed by atoms with Crippen LogP contribution in [0.1, 0.15) is 47.8 Å². The highest BCUT2D eigenvalue weighted by Gasteiger charge is 2.26. The van der Waals surface area contributed by atoms with E-state index in [0.717, 1.165) is 5.56 Å². The van der Waals surface area contributed by atoms with Gasteiger partial charge in [0.15, 0.2) is 0 Å². The van der Waals surface area contributed by atoms with Gasteiger partial charge in [-0.05, 0) is 68.5 Å². The van der Waals surface area contributed by atoms with Crippen molar-refractivity contribution in [3.8, 4) is 0 Å². The second kappa shape index (κ2) is 5.85. The van der Waals surface area contributed by atoms with Crippen molar-refractivity contribution in [3.05, 3.63) is 33.9 Å². The molecule has 18 heavy (non-hydrogen) atoms. The van der Waals surface area contributed by atoms with Crippen molar-refractivity contribution in [2.45, 2.75) is 53.7 Å². The van der Waals surface area contributed by atoms with Crippen molar-refractivity contribution in [3.63, 3.8) is 0 Å². The van der Waals surface area contributed by atoms with Crippen molar-refractivity contribution in [1.29, 1.82) is 0 Å². The van der Waals surface area contributed by atoms with Crippen molar-refractivity contribution in [1.82, 2.24) is 5.32 Å². The summed E-state index contributed by atoms with van der Waals surface area (Å²) < 4.78 is 0. The molecule has 0 amide bonds. The summed E-state index contributed by atoms with van der Waals surface area (Å²) in [7, 11) is 1.92. The first-order chi connectivity index (χ1) is 8.31. The minimum absolute atomic E-state index is 0.0867. The van der Waals surface area contributed by atoms with Crippen LogP contribution in [0.2, 0.25) is 0 Å². The molecule has 2 atom stereocenters. The molecular formula is C16H27NO. The molecule has 102 valence electrons. The van der Waals surface area contributed by atoms with Gasteiger partial charge >= 0.3 is 0 Å². The van der Waals surface area contributed by atoms with E-state index in [9.17, 15) is 5.11 Å². The van der Waals surface area contributed by atoms with Crippen molar-refractivity contribution in [2.75, 3.05) is 7.05 Å². The lowest BCUT2D eigenvalue weighted by Gasteiger charge is -2.29. The second-order valence-electron chi connectivity index (χ2n) is 5.68. The number of rotatable bonds is 4. The molecule has 2 heteroatoms. The first-order valence-electron chi connectivity index (χ1n) is 6.73. The molecule has 0 aliphatic rings. The van der Waals surface area contributed by atoms with E-state index < -0.39 is 6.10 Å². The molecule has 0 radical (unpaired) electrons. The maximum atomic E-state index is 10.7. The van der Waals surface area contributed by atoms with E-state index in [2.05, 4.69) is 52.9 Å². The highest BCUT2D eigenvalue weighted by Crippen LogP contribution is 2.31. The third-order valence-corrected chi connectivity index (χ3v) is 4.11. The Morgan fingerprint density at radius 2 is 1.44 bits per heavy atom. The second-order valence-corrected chi connectivity index (χ2v) is 5.68. The molecule has 0 saturated carbocycles. The van der Waals surface area contributed by atoms with E-state index in [4.69, 9.17) is 0 Å². The summed E-state index contributed by atoms with van der Waals surface area (Å²) in [4.78, 5) is 0. The van der Waals surface area contributed by atoms with Crippen LogP contribution >= 0.6 is 0 Å². The van der Waals surface area contributed by atoms with Gasteiger partial charge in [-0.3, -0.25) is 0 Å². The maximum Gasteiger partial charge on any atom is 0.0950 e. The summed E-state index contributed by atoms with van der Waals surface area (Å²) >= 11 is 0. The Balaban J connectivity index is 3.32. The predicted molar refractivity (Wildman–Crippen MR) is 78.0 cm³/mol. The van der Waals surface area contributed by atoms with E-state index in [0.29, 0.717) is 5.92 Å². The van der Waals surface area contributed by atoms with Gasteiger partial charge in [0.2, 0.25) is 0 Å². The third kappa shape index (κ3) is 2.76. The Morgan fingerprint density at radius 1 is 1.00 bits per heavy atom. The summed E-state index contributed by atoms with van der Waals surface area (Å²) in [6.45, 7) is 12.7. The van der Waals surface area contributed by atoms with Gasteiger partial charge < -0.3 is 10.4 Å². The Labute approximate surface area is 111 Å². The number of hydrogen-bond donors (Lipinski definition) is 2. The fourth-order valence-corrected chi connectivity index (χ4v) is 2.73. The quantitative estimate of drug-likeness (QED) is 0.859. The number of aryl methyl sites for hydroxylation is 2. The molecule has 2 N–H and O–H groups in total. The summed E-state index contributed by atoms with van der Waals surface area (Å²) in [6, 6.07) is 2.29. The van der Waals surface area contributed by atoms with Crippen molar-refractivity contribution in [2.24, 2.45) is 5.92 Å². The van der Waals surface area contributed by atoms with Gasteiger partial charge in [0, 0.05) is 6.04 Å². The molecule has 1 aromatic rings. The van der Waals surface area contributed by atoms with Crippen LogP contribution in [-0.4, -0.2) is 18.2 Å². The standard InChI is InChI=1S/C16H27NO/c1-9(2)15(17-7)16(18)14-12(5)10(3)8-11(4)13(14)6/h8-9,15-18H,1-7H3.